The fraction of sp³-hybridized carbons (Fsp3) is 0.500. The largest absolute Gasteiger partial charge is 0.346 e. The molecule has 1 aromatic heterocycles. The first-order chi connectivity index (χ1) is 7.59. The molecule has 0 aromatic carbocycles. The molecule has 1 fully saturated rings. The van der Waals surface area contributed by atoms with Crippen molar-refractivity contribution in [1.82, 2.24) is 10.3 Å². The number of nitrogens with zero attached hydrogens (tertiary/aromatic N) is 1. The summed E-state index contributed by atoms with van der Waals surface area (Å²) in [6, 6.07) is 5.37. The molecule has 1 aromatic rings. The normalized spacial score (nSPS) is 18.4. The van der Waals surface area contributed by atoms with Crippen molar-refractivity contribution < 1.29 is 4.79 Å². The number of amides is 1. The minimum absolute atomic E-state index is 0.0406. The van der Waals surface area contributed by atoms with Crippen LogP contribution in [0.25, 0.3) is 0 Å². The molecule has 1 amide bonds. The summed E-state index contributed by atoms with van der Waals surface area (Å²) in [5.41, 5.74) is 0.434. The van der Waals surface area contributed by atoms with Crippen LogP contribution in [0.5, 0.6) is 0 Å². The van der Waals surface area contributed by atoms with Crippen molar-refractivity contribution in [3.63, 3.8) is 0 Å². The molecule has 3 nitrogen and oxygen atoms in total. The van der Waals surface area contributed by atoms with Crippen molar-refractivity contribution in [3.8, 4) is 0 Å². The zero-order valence-electron chi connectivity index (χ0n) is 9.29. The Bertz CT molecular complexity index is 400. The maximum Gasteiger partial charge on any atom is 0.270 e. The molecule has 4 heteroatoms. The molecule has 0 spiro atoms. The lowest BCUT2D eigenvalue weighted by Crippen LogP contribution is -2.43. The van der Waals surface area contributed by atoms with Gasteiger partial charge in [0.25, 0.3) is 5.91 Å². The summed E-state index contributed by atoms with van der Waals surface area (Å²) in [5.74, 6) is -0.0781. The fourth-order valence-electron chi connectivity index (χ4n) is 2.15. The molecule has 2 rings (SSSR count). The molecule has 16 heavy (non-hydrogen) atoms. The monoisotopic (exact) mass is 282 g/mol. The van der Waals surface area contributed by atoms with E-state index in [4.69, 9.17) is 0 Å². The Morgan fingerprint density at radius 3 is 2.75 bits per heavy atom. The van der Waals surface area contributed by atoms with Gasteiger partial charge in [-0.05, 0) is 47.8 Å². The third-order valence-electron chi connectivity index (χ3n) is 3.07. The van der Waals surface area contributed by atoms with Crippen LogP contribution in [0.4, 0.5) is 0 Å². The first kappa shape index (κ1) is 11.6. The summed E-state index contributed by atoms with van der Waals surface area (Å²) < 4.78 is 0.691. The predicted molar refractivity (Wildman–Crippen MR) is 66.3 cm³/mol. The van der Waals surface area contributed by atoms with Gasteiger partial charge in [0.1, 0.15) is 10.3 Å². The highest BCUT2D eigenvalue weighted by Crippen LogP contribution is 2.29. The zero-order chi connectivity index (χ0) is 11.6. The molecule has 0 radical (unpaired) electrons. The number of carbonyl (C=O) groups is 1. The highest BCUT2D eigenvalue weighted by Gasteiger charge is 2.30. The van der Waals surface area contributed by atoms with E-state index in [1.807, 2.05) is 12.1 Å². The van der Waals surface area contributed by atoms with E-state index in [1.54, 1.807) is 6.07 Å². The SMILES string of the molecule is CC1(NC(=O)c2cccc(Br)n2)CCCC1. The Kier molecular flexibility index (Phi) is 3.28. The molecule has 1 N–H and O–H groups in total. The topological polar surface area (TPSA) is 42.0 Å². The number of aromatic nitrogens is 1. The Labute approximate surface area is 104 Å². The van der Waals surface area contributed by atoms with Crippen molar-refractivity contribution in [2.45, 2.75) is 38.1 Å². The van der Waals surface area contributed by atoms with Crippen molar-refractivity contribution in [2.75, 3.05) is 0 Å². The Morgan fingerprint density at radius 1 is 1.44 bits per heavy atom. The quantitative estimate of drug-likeness (QED) is 0.848. The molecule has 0 saturated heterocycles. The van der Waals surface area contributed by atoms with Gasteiger partial charge in [-0.1, -0.05) is 18.9 Å². The maximum atomic E-state index is 12.0. The van der Waals surface area contributed by atoms with Gasteiger partial charge in [0.05, 0.1) is 0 Å². The minimum Gasteiger partial charge on any atom is -0.346 e. The molecule has 1 saturated carbocycles. The van der Waals surface area contributed by atoms with E-state index in [0.29, 0.717) is 10.3 Å². The molecular formula is C12H15BrN2O. The average molecular weight is 283 g/mol. The van der Waals surface area contributed by atoms with Crippen LogP contribution in [0.15, 0.2) is 22.8 Å². The molecule has 0 bridgehead atoms. The smallest absolute Gasteiger partial charge is 0.270 e. The van der Waals surface area contributed by atoms with Crippen LogP contribution in [-0.4, -0.2) is 16.4 Å². The van der Waals surface area contributed by atoms with Gasteiger partial charge in [-0.2, -0.15) is 0 Å². The lowest BCUT2D eigenvalue weighted by molar-refractivity contribution is 0.0903. The second kappa shape index (κ2) is 4.53. The van der Waals surface area contributed by atoms with Crippen molar-refractivity contribution in [2.24, 2.45) is 0 Å². The van der Waals surface area contributed by atoms with Crippen LogP contribution in [0.1, 0.15) is 43.1 Å². The van der Waals surface area contributed by atoms with Crippen LogP contribution in [-0.2, 0) is 0 Å². The first-order valence-corrected chi connectivity index (χ1v) is 6.33. The van der Waals surface area contributed by atoms with Gasteiger partial charge < -0.3 is 5.32 Å². The third-order valence-corrected chi connectivity index (χ3v) is 3.51. The van der Waals surface area contributed by atoms with Crippen LogP contribution < -0.4 is 5.32 Å². The molecule has 0 aliphatic heterocycles. The second-order valence-corrected chi connectivity index (χ2v) is 5.38. The molecule has 1 heterocycles. The van der Waals surface area contributed by atoms with Crippen LogP contribution in [0.2, 0.25) is 0 Å². The van der Waals surface area contributed by atoms with E-state index in [-0.39, 0.29) is 11.4 Å². The summed E-state index contributed by atoms with van der Waals surface area (Å²) in [6.45, 7) is 2.11. The molecule has 1 aliphatic carbocycles. The van der Waals surface area contributed by atoms with Gasteiger partial charge in [-0.25, -0.2) is 4.98 Å². The number of carbonyl (C=O) groups excluding carboxylic acids is 1. The van der Waals surface area contributed by atoms with Gasteiger partial charge in [0.15, 0.2) is 0 Å². The van der Waals surface area contributed by atoms with E-state index in [9.17, 15) is 4.79 Å². The van der Waals surface area contributed by atoms with Gasteiger partial charge >= 0.3 is 0 Å². The van der Waals surface area contributed by atoms with Crippen LogP contribution in [0, 0.1) is 0 Å². The molecular weight excluding hydrogens is 268 g/mol. The minimum atomic E-state index is -0.0781. The molecule has 0 unspecified atom stereocenters. The fourth-order valence-corrected chi connectivity index (χ4v) is 2.50. The Morgan fingerprint density at radius 2 is 2.12 bits per heavy atom. The maximum absolute atomic E-state index is 12.0. The second-order valence-electron chi connectivity index (χ2n) is 4.57. The summed E-state index contributed by atoms with van der Waals surface area (Å²) in [5, 5.41) is 3.08. The number of pyridine rings is 1. The lowest BCUT2D eigenvalue weighted by Gasteiger charge is -2.24. The predicted octanol–water partition coefficient (Wildman–Crippen LogP) is 2.91. The van der Waals surface area contributed by atoms with E-state index in [0.717, 1.165) is 12.8 Å². The summed E-state index contributed by atoms with van der Waals surface area (Å²) in [4.78, 5) is 16.1. The highest BCUT2D eigenvalue weighted by molar-refractivity contribution is 9.10. The summed E-state index contributed by atoms with van der Waals surface area (Å²) in [6.07, 6.45) is 4.52. The van der Waals surface area contributed by atoms with Gasteiger partial charge in [-0.15, -0.1) is 0 Å². The van der Waals surface area contributed by atoms with Gasteiger partial charge in [0.2, 0.25) is 0 Å². The van der Waals surface area contributed by atoms with E-state index in [1.165, 1.54) is 12.8 Å². The van der Waals surface area contributed by atoms with E-state index in [2.05, 4.69) is 33.2 Å². The Hall–Kier alpha value is -0.900. The van der Waals surface area contributed by atoms with E-state index >= 15 is 0 Å². The van der Waals surface area contributed by atoms with Crippen molar-refractivity contribution in [3.05, 3.63) is 28.5 Å². The summed E-state index contributed by atoms with van der Waals surface area (Å²) in [7, 11) is 0. The number of hydrogen-bond acceptors (Lipinski definition) is 2. The molecule has 0 atom stereocenters. The zero-order valence-corrected chi connectivity index (χ0v) is 10.9. The third kappa shape index (κ3) is 2.61. The van der Waals surface area contributed by atoms with Gasteiger partial charge in [0, 0.05) is 5.54 Å². The highest BCUT2D eigenvalue weighted by atomic mass is 79.9. The molecule has 86 valence electrons. The van der Waals surface area contributed by atoms with E-state index < -0.39 is 0 Å². The van der Waals surface area contributed by atoms with Crippen LogP contribution in [0.3, 0.4) is 0 Å². The standard InChI is InChI=1S/C12H15BrN2O/c1-12(7-2-3-8-12)15-11(16)9-5-4-6-10(13)14-9/h4-6H,2-3,7-8H2,1H3,(H,15,16). The van der Waals surface area contributed by atoms with Crippen molar-refractivity contribution in [1.29, 1.82) is 0 Å². The number of rotatable bonds is 2. The number of hydrogen-bond donors (Lipinski definition) is 1. The van der Waals surface area contributed by atoms with Crippen LogP contribution >= 0.6 is 15.9 Å². The number of nitrogens with one attached hydrogen (secondary N) is 1. The number of halogens is 1. The Balaban J connectivity index is 2.08. The summed E-state index contributed by atoms with van der Waals surface area (Å²) >= 11 is 3.27. The molecule has 1 aliphatic rings. The first-order valence-electron chi connectivity index (χ1n) is 5.54. The van der Waals surface area contributed by atoms with Crippen molar-refractivity contribution >= 4 is 21.8 Å². The lowest BCUT2D eigenvalue weighted by atomic mass is 10.0. The average Bonchev–Trinajstić information content (AvgIpc) is 2.65. The van der Waals surface area contributed by atoms with Gasteiger partial charge in [-0.3, -0.25) is 4.79 Å².